The molecule has 0 saturated heterocycles. The maximum absolute atomic E-state index is 11.0. The summed E-state index contributed by atoms with van der Waals surface area (Å²) in [5.74, 6) is -0.473. The molecule has 2 N–H and O–H groups in total. The van der Waals surface area contributed by atoms with Crippen LogP contribution in [-0.4, -0.2) is 36.5 Å². The van der Waals surface area contributed by atoms with Crippen LogP contribution in [0.4, 0.5) is 0 Å². The summed E-state index contributed by atoms with van der Waals surface area (Å²) in [4.78, 5) is 11.0. The molecule has 6 heteroatoms. The van der Waals surface area contributed by atoms with Crippen LogP contribution in [0.1, 0.15) is 11.7 Å². The van der Waals surface area contributed by atoms with E-state index in [9.17, 15) is 15.0 Å². The molecule has 1 aromatic carbocycles. The number of halogens is 1. The van der Waals surface area contributed by atoms with Crippen molar-refractivity contribution in [1.29, 1.82) is 0 Å². The van der Waals surface area contributed by atoms with E-state index in [1.54, 1.807) is 0 Å². The third kappa shape index (κ3) is 3.09. The van der Waals surface area contributed by atoms with E-state index < -0.39 is 18.2 Å². The van der Waals surface area contributed by atoms with Gasteiger partial charge in [0, 0.05) is 0 Å². The number of hydrogen-bond donors (Lipinski definition) is 2. The molecule has 17 heavy (non-hydrogen) atoms. The van der Waals surface area contributed by atoms with Gasteiger partial charge in [-0.25, -0.2) is 4.79 Å². The van der Waals surface area contributed by atoms with Gasteiger partial charge in [-0.05, 0) is 17.7 Å². The minimum atomic E-state index is -1.65. The average molecular weight is 261 g/mol. The Kier molecular flexibility index (Phi) is 4.74. The van der Waals surface area contributed by atoms with Crippen LogP contribution in [0.25, 0.3) is 0 Å². The van der Waals surface area contributed by atoms with Gasteiger partial charge in [0.1, 0.15) is 11.9 Å². The van der Waals surface area contributed by atoms with Gasteiger partial charge >= 0.3 is 5.97 Å². The summed E-state index contributed by atoms with van der Waals surface area (Å²) in [5.41, 5.74) is 0.300. The third-order valence-corrected chi connectivity index (χ3v) is 2.55. The first kappa shape index (κ1) is 13.8. The third-order valence-electron chi connectivity index (χ3n) is 2.26. The molecule has 0 amide bonds. The predicted molar refractivity (Wildman–Crippen MR) is 61.0 cm³/mol. The Morgan fingerprint density at radius 2 is 2.00 bits per heavy atom. The normalized spacial score (nSPS) is 13.9. The van der Waals surface area contributed by atoms with Crippen LogP contribution >= 0.6 is 11.6 Å². The SMILES string of the molecule is COC(=O)C(O)C(O)c1ccc(OC)c(Cl)c1. The van der Waals surface area contributed by atoms with Crippen molar-refractivity contribution < 1.29 is 24.5 Å². The Morgan fingerprint density at radius 1 is 1.35 bits per heavy atom. The smallest absolute Gasteiger partial charge is 0.337 e. The lowest BCUT2D eigenvalue weighted by atomic mass is 10.0. The second kappa shape index (κ2) is 5.86. The van der Waals surface area contributed by atoms with Crippen LogP contribution in [0.15, 0.2) is 18.2 Å². The molecule has 0 aromatic heterocycles. The quantitative estimate of drug-likeness (QED) is 0.787. The van der Waals surface area contributed by atoms with Crippen molar-refractivity contribution in [2.75, 3.05) is 14.2 Å². The molecule has 0 aliphatic heterocycles. The zero-order valence-corrected chi connectivity index (χ0v) is 10.1. The highest BCUT2D eigenvalue weighted by molar-refractivity contribution is 6.32. The van der Waals surface area contributed by atoms with Crippen molar-refractivity contribution in [1.82, 2.24) is 0 Å². The molecular weight excluding hydrogens is 248 g/mol. The van der Waals surface area contributed by atoms with Crippen molar-refractivity contribution in [3.8, 4) is 5.75 Å². The van der Waals surface area contributed by atoms with Gasteiger partial charge in [0.25, 0.3) is 0 Å². The van der Waals surface area contributed by atoms with Crippen LogP contribution in [-0.2, 0) is 9.53 Å². The Hall–Kier alpha value is -1.30. The highest BCUT2D eigenvalue weighted by Gasteiger charge is 2.26. The Balaban J connectivity index is 2.93. The lowest BCUT2D eigenvalue weighted by Gasteiger charge is -2.16. The average Bonchev–Trinajstić information content (AvgIpc) is 2.35. The molecule has 0 saturated carbocycles. The van der Waals surface area contributed by atoms with E-state index in [2.05, 4.69) is 4.74 Å². The number of ether oxygens (including phenoxy) is 2. The van der Waals surface area contributed by atoms with Crippen LogP contribution < -0.4 is 4.74 Å². The number of aliphatic hydroxyl groups is 2. The Morgan fingerprint density at radius 3 is 2.47 bits per heavy atom. The van der Waals surface area contributed by atoms with Crippen LogP contribution in [0, 0.1) is 0 Å². The number of rotatable bonds is 4. The summed E-state index contributed by atoms with van der Waals surface area (Å²) in [6.07, 6.45) is -3.05. The van der Waals surface area contributed by atoms with Crippen LogP contribution in [0.5, 0.6) is 5.75 Å². The highest BCUT2D eigenvalue weighted by Crippen LogP contribution is 2.28. The fraction of sp³-hybridized carbons (Fsp3) is 0.364. The lowest BCUT2D eigenvalue weighted by molar-refractivity contribution is -0.156. The van der Waals surface area contributed by atoms with E-state index >= 15 is 0 Å². The summed E-state index contributed by atoms with van der Waals surface area (Å²) in [6, 6.07) is 4.45. The highest BCUT2D eigenvalue weighted by atomic mass is 35.5. The maximum Gasteiger partial charge on any atom is 0.337 e. The van der Waals surface area contributed by atoms with Gasteiger partial charge in [-0.1, -0.05) is 17.7 Å². The second-order valence-corrected chi connectivity index (χ2v) is 3.71. The largest absolute Gasteiger partial charge is 0.495 e. The van der Waals surface area contributed by atoms with Gasteiger partial charge in [-0.2, -0.15) is 0 Å². The zero-order valence-electron chi connectivity index (χ0n) is 9.38. The number of methoxy groups -OCH3 is 2. The topological polar surface area (TPSA) is 76.0 Å². The Bertz CT molecular complexity index is 407. The number of carbonyl (C=O) groups is 1. The van der Waals surface area contributed by atoms with E-state index in [1.165, 1.54) is 25.3 Å². The molecule has 1 aromatic rings. The number of hydrogen-bond acceptors (Lipinski definition) is 5. The van der Waals surface area contributed by atoms with E-state index in [1.807, 2.05) is 0 Å². The maximum atomic E-state index is 11.0. The minimum absolute atomic E-state index is 0.279. The number of esters is 1. The first-order chi connectivity index (χ1) is 8.01. The van der Waals surface area contributed by atoms with Gasteiger partial charge in [-0.3, -0.25) is 0 Å². The summed E-state index contributed by atoms with van der Waals surface area (Å²) < 4.78 is 9.26. The summed E-state index contributed by atoms with van der Waals surface area (Å²) >= 11 is 5.86. The fourth-order valence-electron chi connectivity index (χ4n) is 1.30. The van der Waals surface area contributed by atoms with E-state index in [-0.39, 0.29) is 5.02 Å². The molecule has 5 nitrogen and oxygen atoms in total. The second-order valence-electron chi connectivity index (χ2n) is 3.31. The fourth-order valence-corrected chi connectivity index (χ4v) is 1.56. The van der Waals surface area contributed by atoms with Gasteiger partial charge in [0.2, 0.25) is 0 Å². The molecule has 1 rings (SSSR count). The van der Waals surface area contributed by atoms with Crippen molar-refractivity contribution in [3.63, 3.8) is 0 Å². The van der Waals surface area contributed by atoms with Crippen LogP contribution in [0.2, 0.25) is 5.02 Å². The number of carbonyl (C=O) groups excluding carboxylic acids is 1. The minimum Gasteiger partial charge on any atom is -0.495 e. The van der Waals surface area contributed by atoms with Crippen molar-refractivity contribution >= 4 is 17.6 Å². The summed E-state index contributed by atoms with van der Waals surface area (Å²) in [7, 11) is 2.58. The molecule has 0 bridgehead atoms. The molecular formula is C11H13ClO5. The van der Waals surface area contributed by atoms with E-state index in [0.717, 1.165) is 7.11 Å². The van der Waals surface area contributed by atoms with Crippen molar-refractivity contribution in [2.24, 2.45) is 0 Å². The first-order valence-electron chi connectivity index (χ1n) is 4.78. The molecule has 0 spiro atoms. The van der Waals surface area contributed by atoms with Crippen LogP contribution in [0.3, 0.4) is 0 Å². The van der Waals surface area contributed by atoms with Gasteiger partial charge in [0.05, 0.1) is 19.2 Å². The van der Waals surface area contributed by atoms with Gasteiger partial charge in [0.15, 0.2) is 6.10 Å². The number of aliphatic hydroxyl groups excluding tert-OH is 2. The molecule has 0 radical (unpaired) electrons. The van der Waals surface area contributed by atoms with Crippen molar-refractivity contribution in [3.05, 3.63) is 28.8 Å². The molecule has 0 aliphatic rings. The van der Waals surface area contributed by atoms with Gasteiger partial charge in [-0.15, -0.1) is 0 Å². The van der Waals surface area contributed by atoms with Crippen molar-refractivity contribution in [2.45, 2.75) is 12.2 Å². The molecule has 0 fully saturated rings. The predicted octanol–water partition coefficient (Wildman–Crippen LogP) is 0.916. The van der Waals surface area contributed by atoms with E-state index in [0.29, 0.717) is 11.3 Å². The van der Waals surface area contributed by atoms with E-state index in [4.69, 9.17) is 16.3 Å². The molecule has 2 atom stereocenters. The molecule has 94 valence electrons. The lowest BCUT2D eigenvalue weighted by Crippen LogP contribution is -2.29. The standard InChI is InChI=1S/C11H13ClO5/c1-16-8-4-3-6(5-7(8)12)9(13)10(14)11(15)17-2/h3-5,9-10,13-14H,1-2H3. The zero-order chi connectivity index (χ0) is 13.0. The number of benzene rings is 1. The summed E-state index contributed by atoms with van der Waals surface area (Å²) in [5, 5.41) is 19.5. The molecule has 0 heterocycles. The Labute approximate surface area is 104 Å². The molecule has 0 aliphatic carbocycles. The first-order valence-corrected chi connectivity index (χ1v) is 5.16. The molecule has 2 unspecified atom stereocenters. The summed E-state index contributed by atoms with van der Waals surface area (Å²) in [6.45, 7) is 0. The monoisotopic (exact) mass is 260 g/mol. The van der Waals surface area contributed by atoms with Gasteiger partial charge < -0.3 is 19.7 Å².